The fourth-order valence-electron chi connectivity index (χ4n) is 9.45. The van der Waals surface area contributed by atoms with Gasteiger partial charge in [0.1, 0.15) is 11.6 Å². The van der Waals surface area contributed by atoms with E-state index in [0.717, 1.165) is 33.4 Å². The maximum Gasteiger partial charge on any atom is 0.148 e. The van der Waals surface area contributed by atoms with Gasteiger partial charge in [0.2, 0.25) is 0 Å². The molecular weight excluding hydrogens is 1080 g/mol. The van der Waals surface area contributed by atoms with Crippen molar-refractivity contribution < 1.29 is 48.1 Å². The third-order valence-electron chi connectivity index (χ3n) is 13.5. The second-order valence-electron chi connectivity index (χ2n) is 23.3. The van der Waals surface area contributed by atoms with Crippen LogP contribution in [-0.4, -0.2) is 19.6 Å². The Hall–Kier alpha value is -6.35. The van der Waals surface area contributed by atoms with Crippen molar-refractivity contribution in [2.24, 2.45) is 0 Å². The Kier molecular flexibility index (Phi) is 9.75. The molecule has 382 valence electrons. The Labute approximate surface area is 479 Å². The number of rotatable bonds is 7. The molecule has 0 bridgehead atoms. The topological polar surface area (TPSA) is 50.9 Å². The number of aromatic nitrogens is 3. The zero-order valence-electron chi connectivity index (χ0n) is 60.2. The minimum Gasteiger partial charge on any atom is -0.507 e. The number of imidazole rings is 1. The predicted molar refractivity (Wildman–Crippen MR) is 310 cm³/mol. The maximum atomic E-state index is 12.7. The largest absolute Gasteiger partial charge is 0.507 e. The van der Waals surface area contributed by atoms with E-state index >= 15 is 0 Å². The van der Waals surface area contributed by atoms with Crippen molar-refractivity contribution in [1.82, 2.24) is 14.5 Å². The molecule has 4 nitrogen and oxygen atoms in total. The summed E-state index contributed by atoms with van der Waals surface area (Å²) in [4.78, 5) is 10.2. The van der Waals surface area contributed by atoms with Crippen LogP contribution in [0.3, 0.4) is 0 Å². The number of aryl methyl sites for hydroxylation is 1. The maximum absolute atomic E-state index is 12.7. The van der Waals surface area contributed by atoms with Crippen LogP contribution in [0.2, 0.25) is 0 Å². The molecule has 0 amide bonds. The quantitative estimate of drug-likeness (QED) is 0.162. The molecule has 0 saturated carbocycles. The summed E-state index contributed by atoms with van der Waals surface area (Å²) in [5, 5.41) is 12.7. The molecule has 0 saturated heterocycles. The van der Waals surface area contributed by atoms with Crippen LogP contribution in [-0.2, 0) is 48.1 Å². The zero-order valence-corrected chi connectivity index (χ0v) is 46.5. The fourth-order valence-corrected chi connectivity index (χ4v) is 9.45. The number of hydrogen-bond acceptors (Lipinski definition) is 3. The molecule has 9 rings (SSSR count). The first-order valence-electron chi connectivity index (χ1n) is 32.7. The number of nitrogens with zero attached hydrogens (tertiary/aromatic N) is 3. The molecule has 5 heteroatoms. The van der Waals surface area contributed by atoms with Crippen LogP contribution in [0.5, 0.6) is 5.75 Å². The Morgan fingerprint density at radius 2 is 1.18 bits per heavy atom. The summed E-state index contributed by atoms with van der Waals surface area (Å²) in [6, 6.07) is 37.6. The third kappa shape index (κ3) is 10.6. The SMILES string of the molecule is [2H]c1c([2H])c(C(C([2H])([2H])[2H])(C([2H])([2H])[2H])C([2H])([2H])[2H])c([2H])c([2H])c1-c1ccnc(-c2[c-]c(-c3cccc4c3nc(-c3cc(C(C)(C)C)cc(C(C)(C)C)c3O)n4-c3ccc(-c4c(-c5ccccc5)cccc4C(C)(C)C)cc3C([2H])([2H])[2H])cc(C(C)(C)C)c2)c1.[Pt]. The molecule has 9 aromatic rings. The van der Waals surface area contributed by atoms with Crippen molar-refractivity contribution in [2.45, 2.75) is 138 Å². The normalized spacial score (nSPS) is 16.4. The van der Waals surface area contributed by atoms with E-state index in [0.29, 0.717) is 50.1 Å². The van der Waals surface area contributed by atoms with Gasteiger partial charge in [-0.05, 0) is 120 Å². The molecule has 0 fully saturated rings. The van der Waals surface area contributed by atoms with Gasteiger partial charge in [-0.1, -0.05) is 218 Å². The smallest absolute Gasteiger partial charge is 0.148 e. The summed E-state index contributed by atoms with van der Waals surface area (Å²) in [5.74, 6) is 0.264. The Bertz CT molecular complexity index is 4180. The molecule has 0 aliphatic rings. The van der Waals surface area contributed by atoms with Crippen molar-refractivity contribution in [2.75, 3.05) is 0 Å². The molecule has 1 N–H and O–H groups in total. The molecular formula is C69H74N3OPt-. The van der Waals surface area contributed by atoms with Crippen molar-refractivity contribution >= 4 is 11.0 Å². The first kappa shape index (κ1) is 36.6. The molecule has 0 unspecified atom stereocenters. The summed E-state index contributed by atoms with van der Waals surface area (Å²) < 4.78 is 141. The number of benzene rings is 7. The van der Waals surface area contributed by atoms with Crippen molar-refractivity contribution in [3.8, 4) is 78.6 Å². The van der Waals surface area contributed by atoms with E-state index < -0.39 is 78.8 Å². The summed E-state index contributed by atoms with van der Waals surface area (Å²) in [6.07, 6.45) is 1.39. The monoisotopic (exact) mass is 1170 g/mol. The van der Waals surface area contributed by atoms with Crippen LogP contribution in [0.4, 0.5) is 0 Å². The van der Waals surface area contributed by atoms with E-state index in [1.165, 1.54) is 18.3 Å². The van der Waals surface area contributed by atoms with Gasteiger partial charge in [-0.2, -0.15) is 0 Å². The number of phenols is 1. The molecule has 0 aliphatic heterocycles. The van der Waals surface area contributed by atoms with Gasteiger partial charge in [-0.25, -0.2) is 4.98 Å². The van der Waals surface area contributed by atoms with Gasteiger partial charge < -0.3 is 5.11 Å². The van der Waals surface area contributed by atoms with E-state index in [9.17, 15) is 12.0 Å². The van der Waals surface area contributed by atoms with E-state index in [1.54, 1.807) is 6.07 Å². The van der Waals surface area contributed by atoms with E-state index in [-0.39, 0.29) is 60.4 Å². The van der Waals surface area contributed by atoms with E-state index in [1.807, 2.05) is 137 Å². The standard InChI is InChI=1S/C69H74N3O.Pt/c1-43-36-47(61-53(45-22-18-17-19-23-45)24-20-26-56(61)68(11,12)13)30-33-59(43)72-60-27-21-25-54(62(60)71-64(72)55-41-52(67(8,9)10)42-57(63(55)73)69(14,15)16)48-37-49(39-51(38-48)66(5,6)7)58-40-46(34-35-70-58)44-28-31-50(32-29-44)65(2,3)4;/h17-36,38-42,73H,1-16H3;/q-1;/i1D3,2D3,3D3,4D3,28D,29D,31D,32D;. The minimum absolute atomic E-state index is 0. The first-order chi connectivity index (χ1) is 40.8. The zero-order chi connectivity index (χ0) is 66.1. The van der Waals surface area contributed by atoms with Crippen LogP contribution in [0.1, 0.15) is 159 Å². The third-order valence-corrected chi connectivity index (χ3v) is 13.5. The van der Waals surface area contributed by atoms with Crippen molar-refractivity contribution in [3.63, 3.8) is 0 Å². The Morgan fingerprint density at radius 3 is 1.82 bits per heavy atom. The van der Waals surface area contributed by atoms with Gasteiger partial charge in [0.15, 0.2) is 0 Å². The van der Waals surface area contributed by atoms with Crippen LogP contribution in [0, 0.1) is 12.9 Å². The van der Waals surface area contributed by atoms with Crippen LogP contribution in [0.25, 0.3) is 83.9 Å². The number of hydrogen-bond donors (Lipinski definition) is 1. The van der Waals surface area contributed by atoms with Crippen LogP contribution in [0.15, 0.2) is 152 Å². The number of para-hydroxylation sites is 1. The summed E-state index contributed by atoms with van der Waals surface area (Å²) in [6.45, 7) is 10.6. The minimum atomic E-state index is -3.84. The summed E-state index contributed by atoms with van der Waals surface area (Å²) in [7, 11) is 0. The first-order valence-corrected chi connectivity index (χ1v) is 24.7. The van der Waals surface area contributed by atoms with Crippen LogP contribution < -0.4 is 0 Å². The molecule has 0 spiro atoms. The van der Waals surface area contributed by atoms with E-state index in [4.69, 9.17) is 25.0 Å². The second kappa shape index (κ2) is 19.7. The molecule has 0 aliphatic carbocycles. The van der Waals surface area contributed by atoms with Crippen molar-refractivity contribution in [3.05, 3.63) is 191 Å². The Morgan fingerprint density at radius 1 is 0.527 bits per heavy atom. The van der Waals surface area contributed by atoms with Gasteiger partial charge in [0.05, 0.1) is 27.8 Å². The average Bonchev–Trinajstić information content (AvgIpc) is 0.796. The van der Waals surface area contributed by atoms with Gasteiger partial charge >= 0.3 is 0 Å². The molecule has 74 heavy (non-hydrogen) atoms. The van der Waals surface area contributed by atoms with Gasteiger partial charge in [0, 0.05) is 55.0 Å². The molecule has 0 atom stereocenters. The molecule has 0 radical (unpaired) electrons. The molecule has 7 aromatic carbocycles. The molecule has 2 aromatic heterocycles. The number of aromatic hydroxyl groups is 1. The number of phenolic OH excluding ortho intramolecular Hbond substituents is 1. The second-order valence-corrected chi connectivity index (χ2v) is 23.3. The average molecular weight is 1170 g/mol. The van der Waals surface area contributed by atoms with Gasteiger partial charge in [-0.3, -0.25) is 9.55 Å². The predicted octanol–water partition coefficient (Wildman–Crippen LogP) is 18.7. The van der Waals surface area contributed by atoms with Gasteiger partial charge in [-0.15, -0.1) is 29.3 Å². The van der Waals surface area contributed by atoms with Gasteiger partial charge in [0.25, 0.3) is 0 Å². The van der Waals surface area contributed by atoms with E-state index in [2.05, 4.69) is 59.7 Å². The summed E-state index contributed by atoms with van der Waals surface area (Å²) >= 11 is 0. The number of pyridine rings is 1. The summed E-state index contributed by atoms with van der Waals surface area (Å²) in [5.41, 5.74) is 3.21. The molecule has 2 heterocycles. The van der Waals surface area contributed by atoms with Crippen molar-refractivity contribution in [1.29, 1.82) is 0 Å². The Balaban J connectivity index is 0.0000105. The van der Waals surface area contributed by atoms with Crippen LogP contribution >= 0.6 is 0 Å². The fraction of sp³-hybridized carbons (Fsp3) is 0.304. The number of fused-ring (bicyclic) bond motifs is 1.